The molecule has 6 heteroatoms. The van der Waals surface area contributed by atoms with Gasteiger partial charge in [-0.25, -0.2) is 4.79 Å². The highest BCUT2D eigenvalue weighted by Crippen LogP contribution is 2.34. The Labute approximate surface area is 140 Å². The van der Waals surface area contributed by atoms with Gasteiger partial charge in [0.25, 0.3) is 0 Å². The number of nitrogens with one attached hydrogen (secondary N) is 1. The molecule has 1 aliphatic rings. The van der Waals surface area contributed by atoms with Gasteiger partial charge in [0.15, 0.2) is 11.5 Å². The summed E-state index contributed by atoms with van der Waals surface area (Å²) in [5, 5.41) is 13.0. The number of rotatable bonds is 5. The van der Waals surface area contributed by atoms with Gasteiger partial charge in [-0.2, -0.15) is 0 Å². The predicted octanol–water partition coefficient (Wildman–Crippen LogP) is 2.76. The zero-order valence-electron chi connectivity index (χ0n) is 13.3. The van der Waals surface area contributed by atoms with Crippen LogP contribution in [0, 0.1) is 0 Å². The van der Waals surface area contributed by atoms with Gasteiger partial charge in [0.1, 0.15) is 6.61 Å². The van der Waals surface area contributed by atoms with Gasteiger partial charge in [-0.05, 0) is 30.2 Å². The fourth-order valence-electron chi connectivity index (χ4n) is 2.42. The molecule has 2 atom stereocenters. The van der Waals surface area contributed by atoms with Crippen LogP contribution in [0.2, 0.25) is 0 Å². The summed E-state index contributed by atoms with van der Waals surface area (Å²) in [7, 11) is 0. The lowest BCUT2D eigenvalue weighted by atomic mass is 10.0. The second-order valence-electron chi connectivity index (χ2n) is 5.55. The van der Waals surface area contributed by atoms with E-state index >= 15 is 0 Å². The number of ether oxygens (including phenoxy) is 3. The Morgan fingerprint density at radius 2 is 1.96 bits per heavy atom. The monoisotopic (exact) mass is 329 g/mol. The second kappa shape index (κ2) is 7.23. The van der Waals surface area contributed by atoms with Crippen LogP contribution in [0.3, 0.4) is 0 Å². The molecule has 0 fully saturated rings. The highest BCUT2D eigenvalue weighted by Gasteiger charge is 2.22. The Balaban J connectivity index is 1.53. The van der Waals surface area contributed by atoms with Crippen molar-refractivity contribution >= 4 is 6.09 Å². The van der Waals surface area contributed by atoms with Crippen LogP contribution in [0.5, 0.6) is 11.5 Å². The van der Waals surface area contributed by atoms with Crippen LogP contribution in [-0.2, 0) is 11.3 Å². The summed E-state index contributed by atoms with van der Waals surface area (Å²) in [5.74, 6) is 1.24. The molecule has 0 saturated carbocycles. The van der Waals surface area contributed by atoms with Crippen molar-refractivity contribution in [1.82, 2.24) is 5.32 Å². The summed E-state index contributed by atoms with van der Waals surface area (Å²) >= 11 is 0. The first-order valence-corrected chi connectivity index (χ1v) is 7.68. The molecule has 2 aromatic carbocycles. The second-order valence-corrected chi connectivity index (χ2v) is 5.55. The van der Waals surface area contributed by atoms with Crippen LogP contribution in [0.1, 0.15) is 24.2 Å². The maximum Gasteiger partial charge on any atom is 0.407 e. The number of aliphatic hydroxyl groups excluding tert-OH is 1. The molecule has 6 nitrogen and oxygen atoms in total. The molecule has 1 amide bonds. The van der Waals surface area contributed by atoms with Gasteiger partial charge >= 0.3 is 6.09 Å². The van der Waals surface area contributed by atoms with E-state index in [9.17, 15) is 9.90 Å². The fraction of sp³-hybridized carbons (Fsp3) is 0.278. The zero-order chi connectivity index (χ0) is 16.9. The van der Waals surface area contributed by atoms with Crippen molar-refractivity contribution in [1.29, 1.82) is 0 Å². The minimum Gasteiger partial charge on any atom is -0.454 e. The van der Waals surface area contributed by atoms with E-state index in [1.807, 2.05) is 30.3 Å². The van der Waals surface area contributed by atoms with Gasteiger partial charge in [0.2, 0.25) is 6.79 Å². The zero-order valence-corrected chi connectivity index (χ0v) is 13.3. The summed E-state index contributed by atoms with van der Waals surface area (Å²) < 4.78 is 15.7. The molecule has 1 heterocycles. The third-order valence-corrected chi connectivity index (χ3v) is 3.77. The lowest BCUT2D eigenvalue weighted by Crippen LogP contribution is -2.37. The molecule has 126 valence electrons. The van der Waals surface area contributed by atoms with Crippen molar-refractivity contribution in [3.63, 3.8) is 0 Å². The first-order valence-electron chi connectivity index (χ1n) is 7.68. The Bertz CT molecular complexity index is 704. The minimum atomic E-state index is -0.885. The molecule has 24 heavy (non-hydrogen) atoms. The first-order chi connectivity index (χ1) is 11.6. The summed E-state index contributed by atoms with van der Waals surface area (Å²) in [6.45, 7) is 2.06. The topological polar surface area (TPSA) is 77.0 Å². The molecule has 2 aromatic rings. The van der Waals surface area contributed by atoms with E-state index in [1.54, 1.807) is 25.1 Å². The number of carbonyl (C=O) groups excluding carboxylic acids is 1. The molecular formula is C18H19NO5. The number of hydrogen-bond acceptors (Lipinski definition) is 5. The number of carbonyl (C=O) groups is 1. The smallest absolute Gasteiger partial charge is 0.407 e. The molecule has 2 N–H and O–H groups in total. The Hall–Kier alpha value is -2.73. The van der Waals surface area contributed by atoms with Crippen LogP contribution >= 0.6 is 0 Å². The molecule has 0 radical (unpaired) electrons. The van der Waals surface area contributed by atoms with Crippen molar-refractivity contribution in [3.8, 4) is 11.5 Å². The van der Waals surface area contributed by atoms with E-state index in [1.165, 1.54) is 0 Å². The maximum atomic E-state index is 11.9. The normalized spacial score (nSPS) is 14.8. The highest BCUT2D eigenvalue weighted by molar-refractivity contribution is 5.67. The van der Waals surface area contributed by atoms with E-state index in [-0.39, 0.29) is 13.4 Å². The van der Waals surface area contributed by atoms with Gasteiger partial charge in [-0.15, -0.1) is 0 Å². The van der Waals surface area contributed by atoms with E-state index in [0.717, 1.165) is 5.56 Å². The molecule has 0 spiro atoms. The molecule has 1 aliphatic heterocycles. The fourth-order valence-corrected chi connectivity index (χ4v) is 2.42. The third kappa shape index (κ3) is 3.78. The quantitative estimate of drug-likeness (QED) is 0.882. The van der Waals surface area contributed by atoms with Crippen molar-refractivity contribution in [2.45, 2.75) is 25.7 Å². The largest absolute Gasteiger partial charge is 0.454 e. The number of alkyl carbamates (subject to hydrolysis) is 1. The number of amides is 1. The predicted molar refractivity (Wildman–Crippen MR) is 86.7 cm³/mol. The first kappa shape index (κ1) is 16.1. The summed E-state index contributed by atoms with van der Waals surface area (Å²) in [4.78, 5) is 11.9. The Morgan fingerprint density at radius 1 is 1.21 bits per heavy atom. The van der Waals surface area contributed by atoms with Crippen molar-refractivity contribution < 1.29 is 24.1 Å². The van der Waals surface area contributed by atoms with Gasteiger partial charge in [0, 0.05) is 0 Å². The van der Waals surface area contributed by atoms with Crippen molar-refractivity contribution in [3.05, 3.63) is 59.7 Å². The van der Waals surface area contributed by atoms with Crippen LogP contribution in [0.4, 0.5) is 4.79 Å². The minimum absolute atomic E-state index is 0.175. The average molecular weight is 329 g/mol. The van der Waals surface area contributed by atoms with Crippen LogP contribution in [0.15, 0.2) is 48.5 Å². The lowest BCUT2D eigenvalue weighted by molar-refractivity contribution is 0.106. The molecular weight excluding hydrogens is 310 g/mol. The Kier molecular flexibility index (Phi) is 4.86. The number of benzene rings is 2. The molecule has 0 unspecified atom stereocenters. The standard InChI is InChI=1S/C18H19NO5/c1-12(19-18(21)22-10-13-5-3-2-4-6-13)17(20)14-7-8-15-16(9-14)24-11-23-15/h2-9,12,17,20H,10-11H2,1H3,(H,19,21)/t12-,17-/m0/s1. The number of fused-ring (bicyclic) bond motifs is 1. The molecule has 0 bridgehead atoms. The SMILES string of the molecule is C[C@H](NC(=O)OCc1ccccc1)[C@H](O)c1ccc2c(c1)OCO2. The van der Waals surface area contributed by atoms with Crippen LogP contribution < -0.4 is 14.8 Å². The van der Waals surface area contributed by atoms with Crippen LogP contribution in [-0.4, -0.2) is 24.0 Å². The van der Waals surface area contributed by atoms with E-state index in [4.69, 9.17) is 14.2 Å². The summed E-state index contributed by atoms with van der Waals surface area (Å²) in [5.41, 5.74) is 1.53. The van der Waals surface area contributed by atoms with Gasteiger partial charge in [-0.1, -0.05) is 36.4 Å². The van der Waals surface area contributed by atoms with E-state index < -0.39 is 18.2 Å². The van der Waals surface area contributed by atoms with E-state index in [2.05, 4.69) is 5.32 Å². The van der Waals surface area contributed by atoms with Gasteiger partial charge < -0.3 is 24.6 Å². The summed E-state index contributed by atoms with van der Waals surface area (Å²) in [6, 6.07) is 14.1. The van der Waals surface area contributed by atoms with E-state index in [0.29, 0.717) is 17.1 Å². The molecule has 0 aromatic heterocycles. The average Bonchev–Trinajstić information content (AvgIpc) is 3.07. The Morgan fingerprint density at radius 3 is 2.75 bits per heavy atom. The number of aliphatic hydroxyl groups is 1. The molecule has 0 aliphatic carbocycles. The molecule has 0 saturated heterocycles. The van der Waals surface area contributed by atoms with Crippen molar-refractivity contribution in [2.75, 3.05) is 6.79 Å². The highest BCUT2D eigenvalue weighted by atomic mass is 16.7. The van der Waals surface area contributed by atoms with Crippen LogP contribution in [0.25, 0.3) is 0 Å². The third-order valence-electron chi connectivity index (χ3n) is 3.77. The number of hydrogen-bond donors (Lipinski definition) is 2. The lowest BCUT2D eigenvalue weighted by Gasteiger charge is -2.20. The molecule has 3 rings (SSSR count). The van der Waals surface area contributed by atoms with Gasteiger partial charge in [0.05, 0.1) is 12.1 Å². The van der Waals surface area contributed by atoms with Gasteiger partial charge in [-0.3, -0.25) is 0 Å². The maximum absolute atomic E-state index is 11.9. The van der Waals surface area contributed by atoms with Crippen molar-refractivity contribution in [2.24, 2.45) is 0 Å². The summed E-state index contributed by atoms with van der Waals surface area (Å²) in [6.07, 6.45) is -1.46.